The Morgan fingerprint density at radius 3 is 2.61 bits per heavy atom. The first kappa shape index (κ1) is 14.7. The Hall–Kier alpha value is -1.34. The van der Waals surface area contributed by atoms with Crippen molar-refractivity contribution in [3.05, 3.63) is 0 Å². The summed E-state index contributed by atoms with van der Waals surface area (Å²) in [6.45, 7) is 1.78. The minimum atomic E-state index is -0.893. The van der Waals surface area contributed by atoms with Gasteiger partial charge in [-0.3, -0.25) is 0 Å². The molecular formula is C11H21N3O4. The summed E-state index contributed by atoms with van der Waals surface area (Å²) in [5.74, 6) is -0.893. The Morgan fingerprint density at radius 1 is 1.33 bits per heavy atom. The summed E-state index contributed by atoms with van der Waals surface area (Å²) in [7, 11) is 3.36. The highest BCUT2D eigenvalue weighted by molar-refractivity contribution is 5.73. The average Bonchev–Trinajstić information content (AvgIpc) is 2.77. The maximum absolute atomic E-state index is 11.2. The molecular weight excluding hydrogens is 238 g/mol. The standard InChI is InChI=1S/C11H21N3O4/c1-14(2)11(17)13-6-5-12-7-8-3-4-9(18-8)10(15)16/h8-9,12H,3-7H2,1-2H3,(H,13,17)(H,15,16). The second-order valence-electron chi connectivity index (χ2n) is 4.49. The van der Waals surface area contributed by atoms with Crippen LogP contribution in [0.4, 0.5) is 4.79 Å². The van der Waals surface area contributed by atoms with E-state index in [1.54, 1.807) is 14.1 Å². The highest BCUT2D eigenvalue weighted by Crippen LogP contribution is 2.18. The Bertz CT molecular complexity index is 296. The molecule has 0 radical (unpaired) electrons. The van der Waals surface area contributed by atoms with E-state index in [1.165, 1.54) is 4.90 Å². The van der Waals surface area contributed by atoms with Crippen LogP contribution in [0.2, 0.25) is 0 Å². The van der Waals surface area contributed by atoms with Gasteiger partial charge in [0.1, 0.15) is 0 Å². The normalized spacial score (nSPS) is 22.8. The van der Waals surface area contributed by atoms with E-state index in [0.29, 0.717) is 26.1 Å². The molecule has 2 amide bonds. The highest BCUT2D eigenvalue weighted by Gasteiger charge is 2.29. The SMILES string of the molecule is CN(C)C(=O)NCCNCC1CCC(C(=O)O)O1. The third-order valence-corrected chi connectivity index (χ3v) is 2.74. The number of nitrogens with one attached hydrogen (secondary N) is 2. The molecule has 3 N–H and O–H groups in total. The lowest BCUT2D eigenvalue weighted by molar-refractivity contribution is -0.149. The Labute approximate surface area is 106 Å². The van der Waals surface area contributed by atoms with E-state index in [9.17, 15) is 9.59 Å². The molecule has 0 saturated carbocycles. The van der Waals surface area contributed by atoms with Crippen molar-refractivity contribution in [3.63, 3.8) is 0 Å². The van der Waals surface area contributed by atoms with E-state index >= 15 is 0 Å². The number of carbonyl (C=O) groups excluding carboxylic acids is 1. The molecule has 104 valence electrons. The molecule has 0 aliphatic carbocycles. The van der Waals surface area contributed by atoms with E-state index in [0.717, 1.165) is 6.42 Å². The van der Waals surface area contributed by atoms with Crippen LogP contribution in [0.3, 0.4) is 0 Å². The molecule has 7 nitrogen and oxygen atoms in total. The lowest BCUT2D eigenvalue weighted by Gasteiger charge is -2.14. The molecule has 0 bridgehead atoms. The predicted octanol–water partition coefficient (Wildman–Crippen LogP) is -0.521. The smallest absolute Gasteiger partial charge is 0.332 e. The van der Waals surface area contributed by atoms with Crippen LogP contribution in [-0.2, 0) is 9.53 Å². The number of hydrogen-bond acceptors (Lipinski definition) is 4. The number of urea groups is 1. The maximum Gasteiger partial charge on any atom is 0.332 e. The van der Waals surface area contributed by atoms with Crippen molar-refractivity contribution in [2.75, 3.05) is 33.7 Å². The third kappa shape index (κ3) is 4.89. The van der Waals surface area contributed by atoms with E-state index < -0.39 is 12.1 Å². The Balaban J connectivity index is 2.02. The highest BCUT2D eigenvalue weighted by atomic mass is 16.5. The number of hydrogen-bond donors (Lipinski definition) is 3. The molecule has 1 aliphatic heterocycles. The van der Waals surface area contributed by atoms with E-state index in [4.69, 9.17) is 9.84 Å². The van der Waals surface area contributed by atoms with Crippen molar-refractivity contribution < 1.29 is 19.4 Å². The Kier molecular flexibility index (Phi) is 5.87. The predicted molar refractivity (Wildman–Crippen MR) is 65.5 cm³/mol. The molecule has 0 aromatic rings. The quantitative estimate of drug-likeness (QED) is 0.558. The molecule has 1 aliphatic rings. The molecule has 0 aromatic carbocycles. The summed E-state index contributed by atoms with van der Waals surface area (Å²) < 4.78 is 5.33. The first-order valence-electron chi connectivity index (χ1n) is 6.05. The van der Waals surface area contributed by atoms with Crippen molar-refractivity contribution >= 4 is 12.0 Å². The van der Waals surface area contributed by atoms with Gasteiger partial charge in [-0.15, -0.1) is 0 Å². The third-order valence-electron chi connectivity index (χ3n) is 2.74. The fourth-order valence-corrected chi connectivity index (χ4v) is 1.72. The minimum Gasteiger partial charge on any atom is -0.479 e. The number of aliphatic carboxylic acids is 1. The molecule has 7 heteroatoms. The largest absolute Gasteiger partial charge is 0.479 e. The van der Waals surface area contributed by atoms with Gasteiger partial charge in [-0.25, -0.2) is 9.59 Å². The number of carboxylic acids is 1. The topological polar surface area (TPSA) is 90.9 Å². The number of rotatable bonds is 6. The summed E-state index contributed by atoms with van der Waals surface area (Å²) in [5, 5.41) is 14.6. The molecule has 0 spiro atoms. The maximum atomic E-state index is 11.2. The molecule has 18 heavy (non-hydrogen) atoms. The number of carbonyl (C=O) groups is 2. The van der Waals surface area contributed by atoms with Crippen LogP contribution >= 0.6 is 0 Å². The molecule has 2 atom stereocenters. The summed E-state index contributed by atoms with van der Waals surface area (Å²) in [5.41, 5.74) is 0. The van der Waals surface area contributed by atoms with Crippen LogP contribution in [0.1, 0.15) is 12.8 Å². The monoisotopic (exact) mass is 259 g/mol. The zero-order valence-corrected chi connectivity index (χ0v) is 10.8. The van der Waals surface area contributed by atoms with Gasteiger partial charge in [-0.1, -0.05) is 0 Å². The van der Waals surface area contributed by atoms with Crippen LogP contribution in [0.15, 0.2) is 0 Å². The lowest BCUT2D eigenvalue weighted by Crippen LogP contribution is -2.39. The van der Waals surface area contributed by atoms with Gasteiger partial charge >= 0.3 is 12.0 Å². The first-order chi connectivity index (χ1) is 8.50. The fourth-order valence-electron chi connectivity index (χ4n) is 1.72. The van der Waals surface area contributed by atoms with Crippen LogP contribution < -0.4 is 10.6 Å². The summed E-state index contributed by atoms with van der Waals surface area (Å²) >= 11 is 0. The zero-order valence-electron chi connectivity index (χ0n) is 10.8. The van der Waals surface area contributed by atoms with Crippen molar-refractivity contribution in [2.45, 2.75) is 25.0 Å². The first-order valence-corrected chi connectivity index (χ1v) is 6.05. The van der Waals surface area contributed by atoms with Gasteiger partial charge in [0.05, 0.1) is 6.10 Å². The van der Waals surface area contributed by atoms with Crippen molar-refractivity contribution in [1.82, 2.24) is 15.5 Å². The summed E-state index contributed by atoms with van der Waals surface area (Å²) in [4.78, 5) is 23.3. The second-order valence-corrected chi connectivity index (χ2v) is 4.49. The Morgan fingerprint density at radius 2 is 2.06 bits per heavy atom. The van der Waals surface area contributed by atoms with Crippen LogP contribution in [0.25, 0.3) is 0 Å². The number of nitrogens with zero attached hydrogens (tertiary/aromatic N) is 1. The number of amides is 2. The minimum absolute atomic E-state index is 0.0457. The lowest BCUT2D eigenvalue weighted by atomic mass is 10.2. The van der Waals surface area contributed by atoms with E-state index in [2.05, 4.69) is 10.6 Å². The van der Waals surface area contributed by atoms with Crippen molar-refractivity contribution in [2.24, 2.45) is 0 Å². The van der Waals surface area contributed by atoms with Gasteiger partial charge in [0.25, 0.3) is 0 Å². The van der Waals surface area contributed by atoms with E-state index in [1.807, 2.05) is 0 Å². The van der Waals surface area contributed by atoms with Gasteiger partial charge in [-0.05, 0) is 12.8 Å². The molecule has 2 unspecified atom stereocenters. The fraction of sp³-hybridized carbons (Fsp3) is 0.818. The van der Waals surface area contributed by atoms with Gasteiger partial charge in [0.15, 0.2) is 6.10 Å². The average molecular weight is 259 g/mol. The van der Waals surface area contributed by atoms with Crippen molar-refractivity contribution in [3.8, 4) is 0 Å². The second kappa shape index (κ2) is 7.17. The molecule has 0 aromatic heterocycles. The van der Waals surface area contributed by atoms with Gasteiger partial charge in [0.2, 0.25) is 0 Å². The number of ether oxygens (including phenoxy) is 1. The summed E-state index contributed by atoms with van der Waals surface area (Å²) in [6, 6.07) is -0.125. The van der Waals surface area contributed by atoms with Gasteiger partial charge < -0.3 is 25.4 Å². The van der Waals surface area contributed by atoms with Crippen LogP contribution in [0.5, 0.6) is 0 Å². The molecule has 1 heterocycles. The van der Waals surface area contributed by atoms with Gasteiger partial charge in [-0.2, -0.15) is 0 Å². The van der Waals surface area contributed by atoms with Crippen molar-refractivity contribution in [1.29, 1.82) is 0 Å². The zero-order chi connectivity index (χ0) is 13.5. The summed E-state index contributed by atoms with van der Waals surface area (Å²) in [6.07, 6.45) is 0.619. The van der Waals surface area contributed by atoms with E-state index in [-0.39, 0.29) is 12.1 Å². The molecule has 1 rings (SSSR count). The van der Waals surface area contributed by atoms with Crippen LogP contribution in [0, 0.1) is 0 Å². The molecule has 1 fully saturated rings. The van der Waals surface area contributed by atoms with Gasteiger partial charge in [0, 0.05) is 33.7 Å². The number of carboxylic acid groups (broad SMARTS) is 1. The molecule has 1 saturated heterocycles. The van der Waals surface area contributed by atoms with Crippen LogP contribution in [-0.4, -0.2) is 67.9 Å².